The van der Waals surface area contributed by atoms with Gasteiger partial charge in [-0.15, -0.1) is 24.0 Å². The lowest BCUT2D eigenvalue weighted by Gasteiger charge is -2.12. The molecule has 1 aromatic heterocycles. The van der Waals surface area contributed by atoms with Gasteiger partial charge in [0.15, 0.2) is 5.96 Å². The van der Waals surface area contributed by atoms with E-state index in [9.17, 15) is 0 Å². The summed E-state index contributed by atoms with van der Waals surface area (Å²) in [5, 5.41) is 7.94. The lowest BCUT2D eigenvalue weighted by atomic mass is 10.1. The summed E-state index contributed by atoms with van der Waals surface area (Å²) in [6.07, 6.45) is 4.36. The third-order valence-corrected chi connectivity index (χ3v) is 3.33. The van der Waals surface area contributed by atoms with Crippen LogP contribution in [-0.2, 0) is 6.54 Å². The van der Waals surface area contributed by atoms with Gasteiger partial charge < -0.3 is 10.6 Å². The number of aromatic nitrogens is 1. The Hall–Kier alpha value is -1.37. The van der Waals surface area contributed by atoms with Gasteiger partial charge >= 0.3 is 0 Å². The van der Waals surface area contributed by atoms with Crippen LogP contribution >= 0.6 is 24.0 Å². The minimum absolute atomic E-state index is 0. The summed E-state index contributed by atoms with van der Waals surface area (Å²) < 4.78 is 0. The van der Waals surface area contributed by atoms with Crippen LogP contribution in [-0.4, -0.2) is 24.0 Å². The zero-order chi connectivity index (χ0) is 13.1. The standard InChI is InChI=1S/C15H18N4.HI/c1-16-15(19-12-6-7-12)18-10-11-8-9-17-14-5-3-2-4-13(11)14;/h2-5,8-9,12H,6-7,10H2,1H3,(H2,16,18,19);1H. The third kappa shape index (κ3) is 3.59. The lowest BCUT2D eigenvalue weighted by molar-refractivity contribution is 0.807. The molecule has 1 aliphatic carbocycles. The Morgan fingerprint density at radius 3 is 2.85 bits per heavy atom. The molecule has 0 aliphatic heterocycles. The highest BCUT2D eigenvalue weighted by molar-refractivity contribution is 14.0. The maximum absolute atomic E-state index is 4.37. The number of halogens is 1. The van der Waals surface area contributed by atoms with Gasteiger partial charge in [-0.1, -0.05) is 18.2 Å². The van der Waals surface area contributed by atoms with Crippen LogP contribution in [0.2, 0.25) is 0 Å². The van der Waals surface area contributed by atoms with Gasteiger partial charge in [0.2, 0.25) is 0 Å². The van der Waals surface area contributed by atoms with Crippen LogP contribution in [0, 0.1) is 0 Å². The molecular weight excluding hydrogens is 363 g/mol. The maximum atomic E-state index is 4.37. The van der Waals surface area contributed by atoms with Crippen LogP contribution in [0.1, 0.15) is 18.4 Å². The molecule has 2 N–H and O–H groups in total. The minimum Gasteiger partial charge on any atom is -0.354 e. The van der Waals surface area contributed by atoms with E-state index < -0.39 is 0 Å². The molecule has 106 valence electrons. The smallest absolute Gasteiger partial charge is 0.191 e. The summed E-state index contributed by atoms with van der Waals surface area (Å²) in [6.45, 7) is 0.759. The predicted octanol–water partition coefficient (Wildman–Crippen LogP) is 2.68. The number of aliphatic imine (C=N–C) groups is 1. The first-order valence-corrected chi connectivity index (χ1v) is 6.66. The van der Waals surface area contributed by atoms with Crippen LogP contribution in [0.5, 0.6) is 0 Å². The molecule has 1 saturated carbocycles. The van der Waals surface area contributed by atoms with E-state index in [0.717, 1.165) is 18.0 Å². The van der Waals surface area contributed by atoms with Crippen molar-refractivity contribution < 1.29 is 0 Å². The van der Waals surface area contributed by atoms with Crippen molar-refractivity contribution in [2.24, 2.45) is 4.99 Å². The summed E-state index contributed by atoms with van der Waals surface area (Å²) in [5.74, 6) is 0.878. The van der Waals surface area contributed by atoms with Gasteiger partial charge in [0, 0.05) is 31.2 Å². The molecule has 20 heavy (non-hydrogen) atoms. The number of nitrogens with zero attached hydrogens (tertiary/aromatic N) is 2. The Morgan fingerprint density at radius 2 is 2.10 bits per heavy atom. The molecule has 0 bridgehead atoms. The van der Waals surface area contributed by atoms with E-state index >= 15 is 0 Å². The Balaban J connectivity index is 0.00000147. The van der Waals surface area contributed by atoms with Crippen molar-refractivity contribution >= 4 is 40.8 Å². The molecule has 1 aromatic carbocycles. The van der Waals surface area contributed by atoms with Crippen molar-refractivity contribution in [3.05, 3.63) is 42.1 Å². The molecule has 2 aromatic rings. The van der Waals surface area contributed by atoms with Crippen LogP contribution in [0.25, 0.3) is 10.9 Å². The Bertz CT molecular complexity index is 602. The van der Waals surface area contributed by atoms with Crippen LogP contribution in [0.3, 0.4) is 0 Å². The average molecular weight is 382 g/mol. The van der Waals surface area contributed by atoms with E-state index in [1.165, 1.54) is 23.8 Å². The van der Waals surface area contributed by atoms with E-state index in [1.54, 1.807) is 0 Å². The molecule has 0 radical (unpaired) electrons. The fourth-order valence-electron chi connectivity index (χ4n) is 2.10. The van der Waals surface area contributed by atoms with Crippen LogP contribution in [0.4, 0.5) is 0 Å². The lowest BCUT2D eigenvalue weighted by Crippen LogP contribution is -2.38. The zero-order valence-electron chi connectivity index (χ0n) is 11.5. The first kappa shape index (κ1) is 15.0. The fraction of sp³-hybridized carbons (Fsp3) is 0.333. The maximum Gasteiger partial charge on any atom is 0.191 e. The average Bonchev–Trinajstić information content (AvgIpc) is 3.27. The second-order valence-electron chi connectivity index (χ2n) is 4.83. The second-order valence-corrected chi connectivity index (χ2v) is 4.83. The first-order chi connectivity index (χ1) is 9.36. The highest BCUT2D eigenvalue weighted by atomic mass is 127. The van der Waals surface area contributed by atoms with Gasteiger partial charge in [0.05, 0.1) is 5.52 Å². The summed E-state index contributed by atoms with van der Waals surface area (Å²) in [5.41, 5.74) is 2.27. The SMILES string of the molecule is CN=C(NCc1ccnc2ccccc12)NC1CC1.I. The number of benzene rings is 1. The molecule has 1 heterocycles. The molecule has 0 saturated heterocycles. The monoisotopic (exact) mass is 382 g/mol. The quantitative estimate of drug-likeness (QED) is 0.488. The predicted molar refractivity (Wildman–Crippen MR) is 93.5 cm³/mol. The van der Waals surface area contributed by atoms with Gasteiger partial charge in [-0.25, -0.2) is 0 Å². The summed E-state index contributed by atoms with van der Waals surface area (Å²) >= 11 is 0. The summed E-state index contributed by atoms with van der Waals surface area (Å²) in [6, 6.07) is 10.9. The van der Waals surface area contributed by atoms with Crippen molar-refractivity contribution in [1.29, 1.82) is 0 Å². The third-order valence-electron chi connectivity index (χ3n) is 3.33. The van der Waals surface area contributed by atoms with Gasteiger partial charge in [-0.3, -0.25) is 9.98 Å². The van der Waals surface area contributed by atoms with E-state index in [-0.39, 0.29) is 24.0 Å². The second kappa shape index (κ2) is 6.88. The Labute approximate surface area is 136 Å². The van der Waals surface area contributed by atoms with Gasteiger partial charge in [-0.05, 0) is 30.5 Å². The number of rotatable bonds is 3. The van der Waals surface area contributed by atoms with E-state index in [1.807, 2.05) is 31.4 Å². The molecule has 0 amide bonds. The number of nitrogens with one attached hydrogen (secondary N) is 2. The molecule has 3 rings (SSSR count). The van der Waals surface area contributed by atoms with Crippen LogP contribution in [0.15, 0.2) is 41.5 Å². The molecule has 0 spiro atoms. The molecule has 5 heteroatoms. The zero-order valence-corrected chi connectivity index (χ0v) is 13.8. The van der Waals surface area contributed by atoms with E-state index in [0.29, 0.717) is 6.04 Å². The van der Waals surface area contributed by atoms with Crippen molar-refractivity contribution in [2.75, 3.05) is 7.05 Å². The topological polar surface area (TPSA) is 49.3 Å². The van der Waals surface area contributed by atoms with E-state index in [4.69, 9.17) is 0 Å². The summed E-state index contributed by atoms with van der Waals surface area (Å²) in [7, 11) is 1.81. The number of guanidine groups is 1. The number of para-hydroxylation sites is 1. The van der Waals surface area contributed by atoms with Gasteiger partial charge in [-0.2, -0.15) is 0 Å². The molecule has 0 atom stereocenters. The summed E-state index contributed by atoms with van der Waals surface area (Å²) in [4.78, 5) is 8.62. The van der Waals surface area contributed by atoms with Crippen molar-refractivity contribution in [1.82, 2.24) is 15.6 Å². The molecule has 0 unspecified atom stereocenters. The van der Waals surface area contributed by atoms with Crippen molar-refractivity contribution in [3.63, 3.8) is 0 Å². The van der Waals surface area contributed by atoms with Gasteiger partial charge in [0.25, 0.3) is 0 Å². The normalized spacial score (nSPS) is 14.8. The Morgan fingerprint density at radius 1 is 1.30 bits per heavy atom. The van der Waals surface area contributed by atoms with Crippen molar-refractivity contribution in [2.45, 2.75) is 25.4 Å². The molecule has 4 nitrogen and oxygen atoms in total. The minimum atomic E-state index is 0. The number of fused-ring (bicyclic) bond motifs is 1. The number of hydrogen-bond donors (Lipinski definition) is 2. The van der Waals surface area contributed by atoms with E-state index in [2.05, 4.69) is 32.7 Å². The number of pyridine rings is 1. The first-order valence-electron chi connectivity index (χ1n) is 6.66. The fourth-order valence-corrected chi connectivity index (χ4v) is 2.10. The van der Waals surface area contributed by atoms with Crippen molar-refractivity contribution in [3.8, 4) is 0 Å². The number of hydrogen-bond acceptors (Lipinski definition) is 2. The van der Waals surface area contributed by atoms with Gasteiger partial charge in [0.1, 0.15) is 0 Å². The molecule has 1 aliphatic rings. The molecular formula is C15H19IN4. The van der Waals surface area contributed by atoms with Crippen LogP contribution < -0.4 is 10.6 Å². The highest BCUT2D eigenvalue weighted by Crippen LogP contribution is 2.18. The highest BCUT2D eigenvalue weighted by Gasteiger charge is 2.22. The Kier molecular flexibility index (Phi) is 5.17. The largest absolute Gasteiger partial charge is 0.354 e. The molecule has 1 fully saturated rings.